The van der Waals surface area contributed by atoms with E-state index in [1.807, 2.05) is 22.9 Å². The van der Waals surface area contributed by atoms with Crippen LogP contribution in [0.3, 0.4) is 0 Å². The van der Waals surface area contributed by atoms with Gasteiger partial charge in [-0.1, -0.05) is 23.9 Å². The van der Waals surface area contributed by atoms with Crippen molar-refractivity contribution in [2.24, 2.45) is 11.7 Å². The molecule has 0 saturated carbocycles. The van der Waals surface area contributed by atoms with Crippen LogP contribution in [0.5, 0.6) is 0 Å². The number of rotatable bonds is 6. The molecule has 0 radical (unpaired) electrons. The minimum absolute atomic E-state index is 0.0164. The van der Waals surface area contributed by atoms with Gasteiger partial charge in [0.15, 0.2) is 5.16 Å². The lowest BCUT2D eigenvalue weighted by Gasteiger charge is -2.31. The van der Waals surface area contributed by atoms with Crippen LogP contribution < -0.4 is 5.73 Å². The molecule has 1 atom stereocenters. The molecule has 0 bridgehead atoms. The molecule has 0 aromatic carbocycles. The van der Waals surface area contributed by atoms with Gasteiger partial charge in [0.1, 0.15) is 5.69 Å². The second-order valence-electron chi connectivity index (χ2n) is 6.59. The van der Waals surface area contributed by atoms with Crippen molar-refractivity contribution in [2.45, 2.75) is 18.0 Å². The molecule has 3 aromatic heterocycles. The van der Waals surface area contributed by atoms with E-state index in [0.717, 1.165) is 39.1 Å². The molecule has 9 heteroatoms. The van der Waals surface area contributed by atoms with Gasteiger partial charge in [0, 0.05) is 13.1 Å². The van der Waals surface area contributed by atoms with E-state index in [0.29, 0.717) is 13.1 Å². The van der Waals surface area contributed by atoms with Crippen molar-refractivity contribution in [1.29, 1.82) is 0 Å². The van der Waals surface area contributed by atoms with Gasteiger partial charge in [-0.3, -0.25) is 9.59 Å². The normalized spacial score (nSPS) is 17.0. The first-order chi connectivity index (χ1) is 13.6. The summed E-state index contributed by atoms with van der Waals surface area (Å²) in [7, 11) is 0. The molecule has 1 unspecified atom stereocenters. The van der Waals surface area contributed by atoms with Crippen molar-refractivity contribution in [1.82, 2.24) is 14.9 Å². The van der Waals surface area contributed by atoms with Gasteiger partial charge in [-0.05, 0) is 35.7 Å². The average molecular weight is 433 g/mol. The predicted molar refractivity (Wildman–Crippen MR) is 114 cm³/mol. The van der Waals surface area contributed by atoms with Crippen LogP contribution in [0.2, 0.25) is 0 Å². The molecule has 0 aliphatic carbocycles. The van der Waals surface area contributed by atoms with Crippen LogP contribution in [-0.4, -0.2) is 45.5 Å². The molecule has 1 fully saturated rings. The Balaban J connectivity index is 1.47. The first-order valence-corrected chi connectivity index (χ1v) is 11.7. The van der Waals surface area contributed by atoms with E-state index in [1.54, 1.807) is 27.6 Å². The van der Waals surface area contributed by atoms with Crippen molar-refractivity contribution in [2.75, 3.05) is 18.8 Å². The van der Waals surface area contributed by atoms with Crippen LogP contribution in [0.15, 0.2) is 40.2 Å². The molecule has 0 spiro atoms. The second-order valence-corrected chi connectivity index (χ2v) is 9.45. The number of nitrogens with one attached hydrogen (secondary N) is 1. The average Bonchev–Trinajstić information content (AvgIpc) is 3.46. The lowest BCUT2D eigenvalue weighted by atomic mass is 9.97. The van der Waals surface area contributed by atoms with E-state index >= 15 is 0 Å². The van der Waals surface area contributed by atoms with Crippen LogP contribution >= 0.6 is 34.4 Å². The van der Waals surface area contributed by atoms with Gasteiger partial charge in [-0.25, -0.2) is 4.98 Å². The van der Waals surface area contributed by atoms with E-state index in [9.17, 15) is 9.59 Å². The van der Waals surface area contributed by atoms with E-state index in [-0.39, 0.29) is 23.5 Å². The summed E-state index contributed by atoms with van der Waals surface area (Å²) in [5, 5.41) is 4.80. The molecule has 28 heavy (non-hydrogen) atoms. The number of H-pyrrole nitrogens is 1. The minimum atomic E-state index is -0.322. The van der Waals surface area contributed by atoms with Crippen LogP contribution in [0.1, 0.15) is 12.8 Å². The third kappa shape index (κ3) is 4.16. The first-order valence-electron chi connectivity index (χ1n) is 8.99. The Morgan fingerprint density at radius 3 is 2.68 bits per heavy atom. The number of primary amides is 1. The Hall–Kier alpha value is -2.10. The highest BCUT2D eigenvalue weighted by Crippen LogP contribution is 2.36. The van der Waals surface area contributed by atoms with Gasteiger partial charge in [0.25, 0.3) is 0 Å². The summed E-state index contributed by atoms with van der Waals surface area (Å²) in [6.07, 6.45) is 1.58. The number of carbonyl (C=O) groups excluding carboxylic acids is 2. The molecule has 4 heterocycles. The number of carbonyl (C=O) groups is 2. The van der Waals surface area contributed by atoms with E-state index < -0.39 is 0 Å². The van der Waals surface area contributed by atoms with Gasteiger partial charge in [-0.15, -0.1) is 22.7 Å². The molecule has 3 aromatic rings. The van der Waals surface area contributed by atoms with Gasteiger partial charge in [0.05, 0.1) is 27.1 Å². The zero-order valence-electron chi connectivity index (χ0n) is 15.1. The number of aromatic amines is 1. The van der Waals surface area contributed by atoms with E-state index in [2.05, 4.69) is 17.1 Å². The summed E-state index contributed by atoms with van der Waals surface area (Å²) in [5.41, 5.74) is 7.31. The zero-order valence-corrected chi connectivity index (χ0v) is 17.5. The lowest BCUT2D eigenvalue weighted by molar-refractivity contribution is -0.132. The van der Waals surface area contributed by atoms with Crippen molar-refractivity contribution >= 4 is 46.2 Å². The summed E-state index contributed by atoms with van der Waals surface area (Å²) >= 11 is 4.70. The largest absolute Gasteiger partial charge is 0.369 e. The quantitative estimate of drug-likeness (QED) is 0.581. The SMILES string of the molecule is NC(=O)C1CCCN(C(=O)CSc2nc(-c3cccs3)c(-c3cccs3)[nH]2)C1. The molecule has 4 rings (SSSR count). The van der Waals surface area contributed by atoms with E-state index in [1.165, 1.54) is 11.8 Å². The second kappa shape index (κ2) is 8.50. The Bertz CT molecular complexity index is 898. The minimum Gasteiger partial charge on any atom is -0.369 e. The van der Waals surface area contributed by atoms with Crippen molar-refractivity contribution in [3.8, 4) is 21.1 Å². The van der Waals surface area contributed by atoms with Crippen molar-refractivity contribution < 1.29 is 9.59 Å². The van der Waals surface area contributed by atoms with Crippen molar-refractivity contribution in [3.05, 3.63) is 35.0 Å². The summed E-state index contributed by atoms with van der Waals surface area (Å²) < 4.78 is 0. The van der Waals surface area contributed by atoms with E-state index in [4.69, 9.17) is 10.7 Å². The van der Waals surface area contributed by atoms with Crippen LogP contribution in [-0.2, 0) is 9.59 Å². The highest BCUT2D eigenvalue weighted by atomic mass is 32.2. The fourth-order valence-electron chi connectivity index (χ4n) is 3.27. The monoisotopic (exact) mass is 432 g/mol. The Kier molecular flexibility index (Phi) is 5.84. The molecule has 146 valence electrons. The topological polar surface area (TPSA) is 92.1 Å². The summed E-state index contributed by atoms with van der Waals surface area (Å²) in [6.45, 7) is 1.11. The van der Waals surface area contributed by atoms with Crippen molar-refractivity contribution in [3.63, 3.8) is 0 Å². The number of piperidine rings is 1. The molecule has 2 amide bonds. The standard InChI is InChI=1S/C19H20N4O2S3/c20-18(25)12-4-1-7-23(10-12)15(24)11-28-19-21-16(13-5-2-8-26-13)17(22-19)14-6-3-9-27-14/h2-3,5-6,8-9,12H,1,4,7,10-11H2,(H2,20,25)(H,21,22). The smallest absolute Gasteiger partial charge is 0.233 e. The number of likely N-dealkylation sites (tertiary alicyclic amines) is 1. The summed E-state index contributed by atoms with van der Waals surface area (Å²) in [6, 6.07) is 8.14. The zero-order chi connectivity index (χ0) is 19.5. The number of thioether (sulfide) groups is 1. The molecule has 1 aliphatic rings. The number of thiophene rings is 2. The summed E-state index contributed by atoms with van der Waals surface area (Å²) in [4.78, 5) is 36.1. The fraction of sp³-hybridized carbons (Fsp3) is 0.316. The molecule has 6 nitrogen and oxygen atoms in total. The maximum absolute atomic E-state index is 12.6. The molecular formula is C19H20N4O2S3. The molecule has 3 N–H and O–H groups in total. The summed E-state index contributed by atoms with van der Waals surface area (Å²) in [5.74, 6) is -0.255. The first kappa shape index (κ1) is 19.2. The number of imidazole rings is 1. The fourth-order valence-corrected chi connectivity index (χ4v) is 5.49. The van der Waals surface area contributed by atoms with Gasteiger partial charge >= 0.3 is 0 Å². The third-order valence-electron chi connectivity index (χ3n) is 4.71. The predicted octanol–water partition coefficient (Wildman–Crippen LogP) is 3.68. The van der Waals surface area contributed by atoms with Crippen LogP contribution in [0, 0.1) is 5.92 Å². The number of hydrogen-bond acceptors (Lipinski definition) is 6. The highest BCUT2D eigenvalue weighted by molar-refractivity contribution is 7.99. The Morgan fingerprint density at radius 1 is 1.25 bits per heavy atom. The number of nitrogens with two attached hydrogens (primary N) is 1. The highest BCUT2D eigenvalue weighted by Gasteiger charge is 2.27. The maximum atomic E-state index is 12.6. The Labute approximate surface area is 175 Å². The number of aromatic nitrogens is 2. The third-order valence-corrected chi connectivity index (χ3v) is 7.34. The molecule has 1 aliphatic heterocycles. The lowest BCUT2D eigenvalue weighted by Crippen LogP contribution is -2.44. The number of amides is 2. The van der Waals surface area contributed by atoms with Gasteiger partial charge < -0.3 is 15.6 Å². The molecule has 1 saturated heterocycles. The van der Waals surface area contributed by atoms with Crippen LogP contribution in [0.4, 0.5) is 0 Å². The number of hydrogen-bond donors (Lipinski definition) is 2. The van der Waals surface area contributed by atoms with Gasteiger partial charge in [-0.2, -0.15) is 0 Å². The molecular weight excluding hydrogens is 412 g/mol. The number of nitrogens with zero attached hydrogens (tertiary/aromatic N) is 2. The maximum Gasteiger partial charge on any atom is 0.233 e. The van der Waals surface area contributed by atoms with Gasteiger partial charge in [0.2, 0.25) is 11.8 Å². The Morgan fingerprint density at radius 2 is 2.00 bits per heavy atom. The van der Waals surface area contributed by atoms with Crippen LogP contribution in [0.25, 0.3) is 21.1 Å².